The zero-order valence-corrected chi connectivity index (χ0v) is 17.7. The molecule has 1 atom stereocenters. The van der Waals surface area contributed by atoms with Gasteiger partial charge in [0, 0.05) is 30.6 Å². The van der Waals surface area contributed by atoms with E-state index in [4.69, 9.17) is 4.74 Å². The van der Waals surface area contributed by atoms with Crippen molar-refractivity contribution in [2.45, 2.75) is 38.6 Å². The molecule has 7 nitrogen and oxygen atoms in total. The first kappa shape index (κ1) is 22.3. The standard InChI is InChI=1S/C24H28N2O5/c1-2-12-26-13-3-4-14-31-20-10-8-17(9-11-20)15-21(24(29)30)25-22(27)18-6-5-7-19(16-18)23(26)28/h5-11,16,21H,2-4,12-15H2,1H3,(H,25,27)(H,29,30). The summed E-state index contributed by atoms with van der Waals surface area (Å²) in [6, 6.07) is 12.6. The number of nitrogens with zero attached hydrogens (tertiary/aromatic N) is 1. The summed E-state index contributed by atoms with van der Waals surface area (Å²) in [7, 11) is 0. The lowest BCUT2D eigenvalue weighted by atomic mass is 10.0. The first-order chi connectivity index (χ1) is 15.0. The van der Waals surface area contributed by atoms with Crippen molar-refractivity contribution in [3.63, 3.8) is 0 Å². The Morgan fingerprint density at radius 2 is 1.87 bits per heavy atom. The molecule has 0 saturated carbocycles. The number of aliphatic carboxylic acids is 1. The lowest BCUT2D eigenvalue weighted by Gasteiger charge is -2.23. The smallest absolute Gasteiger partial charge is 0.326 e. The van der Waals surface area contributed by atoms with Crippen LogP contribution in [0.2, 0.25) is 0 Å². The van der Waals surface area contributed by atoms with Crippen molar-refractivity contribution in [1.29, 1.82) is 0 Å². The van der Waals surface area contributed by atoms with Crippen LogP contribution in [-0.4, -0.2) is 53.5 Å². The van der Waals surface area contributed by atoms with Crippen LogP contribution in [0.4, 0.5) is 0 Å². The molecule has 31 heavy (non-hydrogen) atoms. The maximum absolute atomic E-state index is 13.0. The van der Waals surface area contributed by atoms with E-state index in [1.807, 2.05) is 19.1 Å². The zero-order valence-electron chi connectivity index (χ0n) is 17.7. The molecule has 0 saturated heterocycles. The highest BCUT2D eigenvalue weighted by molar-refractivity contribution is 6.00. The van der Waals surface area contributed by atoms with Gasteiger partial charge in [0.25, 0.3) is 11.8 Å². The highest BCUT2D eigenvalue weighted by Crippen LogP contribution is 2.16. The molecule has 2 amide bonds. The third-order valence-electron chi connectivity index (χ3n) is 5.21. The molecule has 2 aromatic carbocycles. The summed E-state index contributed by atoms with van der Waals surface area (Å²) in [4.78, 5) is 39.3. The van der Waals surface area contributed by atoms with E-state index in [0.29, 0.717) is 31.0 Å². The molecule has 164 valence electrons. The number of carboxylic acid groups (broad SMARTS) is 1. The molecule has 0 fully saturated rings. The van der Waals surface area contributed by atoms with Gasteiger partial charge < -0.3 is 20.1 Å². The van der Waals surface area contributed by atoms with Gasteiger partial charge in [-0.25, -0.2) is 4.79 Å². The van der Waals surface area contributed by atoms with Crippen molar-refractivity contribution in [2.75, 3.05) is 19.7 Å². The van der Waals surface area contributed by atoms with E-state index in [1.54, 1.807) is 35.2 Å². The van der Waals surface area contributed by atoms with Crippen molar-refractivity contribution in [2.24, 2.45) is 0 Å². The van der Waals surface area contributed by atoms with E-state index in [9.17, 15) is 19.5 Å². The monoisotopic (exact) mass is 424 g/mol. The Bertz CT molecular complexity index is 926. The minimum Gasteiger partial charge on any atom is -0.494 e. The molecule has 0 radical (unpaired) electrons. The van der Waals surface area contributed by atoms with Crippen LogP contribution in [0.15, 0.2) is 48.5 Å². The number of fused-ring (bicyclic) bond motifs is 11. The zero-order chi connectivity index (χ0) is 22.2. The molecule has 2 heterocycles. The number of carbonyl (C=O) groups is 3. The fourth-order valence-corrected chi connectivity index (χ4v) is 3.55. The quantitative estimate of drug-likeness (QED) is 0.789. The van der Waals surface area contributed by atoms with Gasteiger partial charge in [0.2, 0.25) is 0 Å². The van der Waals surface area contributed by atoms with Crippen molar-refractivity contribution in [3.8, 4) is 5.75 Å². The molecule has 4 bridgehead atoms. The minimum atomic E-state index is -1.12. The third-order valence-corrected chi connectivity index (χ3v) is 5.21. The SMILES string of the molecule is CCCN1CCCCOc2ccc(cc2)CC(C(=O)O)NC(=O)c2cccc(c2)C1=O. The largest absolute Gasteiger partial charge is 0.494 e. The van der Waals surface area contributed by atoms with Crippen molar-refractivity contribution in [1.82, 2.24) is 10.2 Å². The number of hydrogen-bond acceptors (Lipinski definition) is 4. The fraction of sp³-hybridized carbons (Fsp3) is 0.375. The predicted octanol–water partition coefficient (Wildman–Crippen LogP) is 3.14. The van der Waals surface area contributed by atoms with Gasteiger partial charge in [0.15, 0.2) is 0 Å². The average Bonchev–Trinajstić information content (AvgIpc) is 2.77. The van der Waals surface area contributed by atoms with Crippen LogP contribution in [0.1, 0.15) is 52.5 Å². The molecule has 0 aliphatic carbocycles. The van der Waals surface area contributed by atoms with Crippen LogP contribution in [0, 0.1) is 0 Å². The van der Waals surface area contributed by atoms with Crippen LogP contribution in [-0.2, 0) is 11.2 Å². The Morgan fingerprint density at radius 3 is 2.58 bits per heavy atom. The lowest BCUT2D eigenvalue weighted by Crippen LogP contribution is -2.42. The maximum atomic E-state index is 13.0. The highest BCUT2D eigenvalue weighted by atomic mass is 16.5. The normalized spacial score (nSPS) is 18.0. The predicted molar refractivity (Wildman–Crippen MR) is 116 cm³/mol. The Hall–Kier alpha value is -3.35. The topological polar surface area (TPSA) is 95.9 Å². The summed E-state index contributed by atoms with van der Waals surface area (Å²) >= 11 is 0. The van der Waals surface area contributed by atoms with Crippen LogP contribution in [0.3, 0.4) is 0 Å². The number of carbonyl (C=O) groups excluding carboxylic acids is 2. The maximum Gasteiger partial charge on any atom is 0.326 e. The number of amides is 2. The third kappa shape index (κ3) is 6.07. The number of hydrogen-bond donors (Lipinski definition) is 2. The van der Waals surface area contributed by atoms with Gasteiger partial charge in [0.05, 0.1) is 6.61 Å². The van der Waals surface area contributed by atoms with Crippen molar-refractivity contribution in [3.05, 3.63) is 65.2 Å². The molecule has 0 spiro atoms. The summed E-state index contributed by atoms with van der Waals surface area (Å²) in [6.45, 7) is 3.78. The molecule has 2 N–H and O–H groups in total. The molecule has 2 aliphatic rings. The average molecular weight is 424 g/mol. The van der Waals surface area contributed by atoms with E-state index in [-0.39, 0.29) is 17.9 Å². The van der Waals surface area contributed by atoms with E-state index in [1.165, 1.54) is 6.07 Å². The van der Waals surface area contributed by atoms with Crippen LogP contribution >= 0.6 is 0 Å². The number of nitrogens with one attached hydrogen (secondary N) is 1. The summed E-state index contributed by atoms with van der Waals surface area (Å²) in [6.07, 6.45) is 2.59. The Kier molecular flexibility index (Phi) is 7.65. The fourth-order valence-electron chi connectivity index (χ4n) is 3.55. The summed E-state index contributed by atoms with van der Waals surface area (Å²) in [5.41, 5.74) is 1.46. The second-order valence-electron chi connectivity index (χ2n) is 7.64. The highest BCUT2D eigenvalue weighted by Gasteiger charge is 2.22. The van der Waals surface area contributed by atoms with Gasteiger partial charge in [-0.2, -0.15) is 0 Å². The number of carboxylic acids is 1. The van der Waals surface area contributed by atoms with Gasteiger partial charge >= 0.3 is 5.97 Å². The molecular weight excluding hydrogens is 396 g/mol. The molecule has 2 aliphatic heterocycles. The molecular formula is C24H28N2O5. The van der Waals surface area contributed by atoms with Gasteiger partial charge in [0.1, 0.15) is 11.8 Å². The molecule has 4 rings (SSSR count). The Morgan fingerprint density at radius 1 is 1.13 bits per heavy atom. The van der Waals surface area contributed by atoms with Crippen LogP contribution in [0.25, 0.3) is 0 Å². The van der Waals surface area contributed by atoms with E-state index >= 15 is 0 Å². The number of ether oxygens (including phenoxy) is 1. The van der Waals surface area contributed by atoms with Crippen molar-refractivity contribution >= 4 is 17.8 Å². The summed E-state index contributed by atoms with van der Waals surface area (Å²) in [5, 5.41) is 12.2. The minimum absolute atomic E-state index is 0.136. The van der Waals surface area contributed by atoms with E-state index in [0.717, 1.165) is 24.8 Å². The second kappa shape index (κ2) is 10.6. The first-order valence-electron chi connectivity index (χ1n) is 10.6. The lowest BCUT2D eigenvalue weighted by molar-refractivity contribution is -0.139. The molecule has 7 heteroatoms. The van der Waals surface area contributed by atoms with E-state index in [2.05, 4.69) is 5.32 Å². The molecule has 0 aromatic heterocycles. The Balaban J connectivity index is 1.90. The van der Waals surface area contributed by atoms with Gasteiger partial charge in [-0.05, 0) is 55.2 Å². The van der Waals surface area contributed by atoms with Crippen LogP contribution < -0.4 is 10.1 Å². The second-order valence-corrected chi connectivity index (χ2v) is 7.64. The van der Waals surface area contributed by atoms with E-state index < -0.39 is 17.9 Å². The summed E-state index contributed by atoms with van der Waals surface area (Å²) in [5.74, 6) is -1.07. The molecule has 1 unspecified atom stereocenters. The van der Waals surface area contributed by atoms with Gasteiger partial charge in [-0.1, -0.05) is 25.1 Å². The van der Waals surface area contributed by atoms with Crippen molar-refractivity contribution < 1.29 is 24.2 Å². The molecule has 2 aromatic rings. The number of rotatable bonds is 3. The first-order valence-corrected chi connectivity index (χ1v) is 10.6. The van der Waals surface area contributed by atoms with Crippen LogP contribution in [0.5, 0.6) is 5.75 Å². The van der Waals surface area contributed by atoms with Gasteiger partial charge in [-0.3, -0.25) is 9.59 Å². The number of benzene rings is 2. The Labute approximate surface area is 182 Å². The summed E-state index contributed by atoms with van der Waals surface area (Å²) < 4.78 is 5.76. The van der Waals surface area contributed by atoms with Gasteiger partial charge in [-0.15, -0.1) is 0 Å².